The first-order chi connectivity index (χ1) is 13.0. The number of hydrogen-bond donors (Lipinski definition) is 2. The van der Waals surface area contributed by atoms with Gasteiger partial charge in [-0.15, -0.1) is 0 Å². The molecule has 138 valence electrons. The molecule has 2 amide bonds. The standard InChI is InChI=1S/C22H21BrN2O2/c1-15(17-8-5-10-19(23)12-17)25-22(27)14-24-21(26)13-18-9-4-7-16-6-2-3-11-20(16)18/h2-12,15H,13-14H2,1H3,(H,24,26)(H,25,27). The first kappa shape index (κ1) is 19.1. The molecule has 0 fully saturated rings. The second-order valence-electron chi connectivity index (χ2n) is 6.44. The van der Waals surface area contributed by atoms with E-state index in [9.17, 15) is 9.59 Å². The first-order valence-electron chi connectivity index (χ1n) is 8.81. The lowest BCUT2D eigenvalue weighted by atomic mass is 10.0. The summed E-state index contributed by atoms with van der Waals surface area (Å²) in [6, 6.07) is 21.5. The summed E-state index contributed by atoms with van der Waals surface area (Å²) in [5, 5.41) is 7.76. The number of carbonyl (C=O) groups is 2. The molecule has 4 nitrogen and oxygen atoms in total. The summed E-state index contributed by atoms with van der Waals surface area (Å²) in [5.74, 6) is -0.384. The third kappa shape index (κ3) is 5.17. The molecular formula is C22H21BrN2O2. The maximum atomic E-state index is 12.3. The van der Waals surface area contributed by atoms with Crippen LogP contribution >= 0.6 is 15.9 Å². The van der Waals surface area contributed by atoms with Crippen LogP contribution in [-0.2, 0) is 16.0 Å². The summed E-state index contributed by atoms with van der Waals surface area (Å²) in [5.41, 5.74) is 1.95. The Bertz CT molecular complexity index is 966. The summed E-state index contributed by atoms with van der Waals surface area (Å²) in [4.78, 5) is 24.4. The van der Waals surface area contributed by atoms with E-state index in [0.29, 0.717) is 0 Å². The number of fused-ring (bicyclic) bond motifs is 1. The third-order valence-electron chi connectivity index (χ3n) is 4.40. The van der Waals surface area contributed by atoms with Crippen LogP contribution in [0.3, 0.4) is 0 Å². The van der Waals surface area contributed by atoms with Gasteiger partial charge in [-0.25, -0.2) is 0 Å². The van der Waals surface area contributed by atoms with E-state index in [4.69, 9.17) is 0 Å². The molecule has 0 bridgehead atoms. The van der Waals surface area contributed by atoms with E-state index < -0.39 is 0 Å². The summed E-state index contributed by atoms with van der Waals surface area (Å²) in [7, 11) is 0. The van der Waals surface area contributed by atoms with Gasteiger partial charge in [0.1, 0.15) is 0 Å². The molecular weight excluding hydrogens is 404 g/mol. The van der Waals surface area contributed by atoms with Crippen molar-refractivity contribution in [1.29, 1.82) is 0 Å². The van der Waals surface area contributed by atoms with Crippen LogP contribution in [0.2, 0.25) is 0 Å². The van der Waals surface area contributed by atoms with Crippen molar-refractivity contribution in [2.45, 2.75) is 19.4 Å². The van der Waals surface area contributed by atoms with E-state index >= 15 is 0 Å². The highest BCUT2D eigenvalue weighted by Crippen LogP contribution is 2.19. The monoisotopic (exact) mass is 424 g/mol. The average molecular weight is 425 g/mol. The van der Waals surface area contributed by atoms with Gasteiger partial charge in [0, 0.05) is 4.47 Å². The molecule has 0 aromatic heterocycles. The van der Waals surface area contributed by atoms with Crippen molar-refractivity contribution in [3.05, 3.63) is 82.3 Å². The molecule has 0 saturated carbocycles. The normalized spacial score (nSPS) is 11.8. The van der Waals surface area contributed by atoms with Crippen molar-refractivity contribution < 1.29 is 9.59 Å². The van der Waals surface area contributed by atoms with E-state index in [0.717, 1.165) is 26.4 Å². The molecule has 0 aliphatic heterocycles. The predicted octanol–water partition coefficient (Wildman–Crippen LogP) is 4.14. The zero-order valence-electron chi connectivity index (χ0n) is 15.0. The molecule has 1 atom stereocenters. The highest BCUT2D eigenvalue weighted by atomic mass is 79.9. The van der Waals surface area contributed by atoms with E-state index in [1.807, 2.05) is 73.7 Å². The molecule has 0 aliphatic carbocycles. The van der Waals surface area contributed by atoms with Crippen molar-refractivity contribution in [2.24, 2.45) is 0 Å². The van der Waals surface area contributed by atoms with Crippen LogP contribution in [0.4, 0.5) is 0 Å². The maximum absolute atomic E-state index is 12.3. The summed E-state index contributed by atoms with van der Waals surface area (Å²) in [6.45, 7) is 1.87. The van der Waals surface area contributed by atoms with Crippen molar-refractivity contribution in [2.75, 3.05) is 6.54 Å². The average Bonchev–Trinajstić information content (AvgIpc) is 2.67. The zero-order chi connectivity index (χ0) is 19.2. The molecule has 27 heavy (non-hydrogen) atoms. The van der Waals surface area contributed by atoms with Gasteiger partial charge in [0.2, 0.25) is 11.8 Å². The summed E-state index contributed by atoms with van der Waals surface area (Å²) in [6.07, 6.45) is 0.246. The lowest BCUT2D eigenvalue weighted by molar-refractivity contribution is -0.126. The highest BCUT2D eigenvalue weighted by molar-refractivity contribution is 9.10. The van der Waals surface area contributed by atoms with Gasteiger partial charge in [-0.1, -0.05) is 70.5 Å². The van der Waals surface area contributed by atoms with Crippen LogP contribution in [0.1, 0.15) is 24.1 Å². The minimum atomic E-state index is -0.214. The Balaban J connectivity index is 1.53. The Kier molecular flexibility index (Phi) is 6.24. The minimum absolute atomic E-state index is 0.0397. The Labute approximate surface area is 167 Å². The topological polar surface area (TPSA) is 58.2 Å². The predicted molar refractivity (Wildman–Crippen MR) is 111 cm³/mol. The molecule has 0 saturated heterocycles. The SMILES string of the molecule is CC(NC(=O)CNC(=O)Cc1cccc2ccccc12)c1cccc(Br)c1. The highest BCUT2D eigenvalue weighted by Gasteiger charge is 2.12. The van der Waals surface area contributed by atoms with Gasteiger partial charge in [0.05, 0.1) is 19.0 Å². The van der Waals surface area contributed by atoms with Crippen LogP contribution in [0.5, 0.6) is 0 Å². The summed E-state index contributed by atoms with van der Waals surface area (Å²) < 4.78 is 0.962. The van der Waals surface area contributed by atoms with Gasteiger partial charge in [-0.2, -0.15) is 0 Å². The lowest BCUT2D eigenvalue weighted by Crippen LogP contribution is -2.38. The quantitative estimate of drug-likeness (QED) is 0.624. The molecule has 0 aliphatic rings. The molecule has 1 unspecified atom stereocenters. The van der Waals surface area contributed by atoms with E-state index in [-0.39, 0.29) is 30.8 Å². The van der Waals surface area contributed by atoms with Gasteiger partial charge in [0.15, 0.2) is 0 Å². The molecule has 3 aromatic rings. The van der Waals surface area contributed by atoms with Gasteiger partial charge < -0.3 is 10.6 Å². The van der Waals surface area contributed by atoms with Crippen LogP contribution in [0.25, 0.3) is 10.8 Å². The van der Waals surface area contributed by atoms with E-state index in [2.05, 4.69) is 26.6 Å². The second kappa shape index (κ2) is 8.82. The molecule has 2 N–H and O–H groups in total. The third-order valence-corrected chi connectivity index (χ3v) is 4.90. The minimum Gasteiger partial charge on any atom is -0.348 e. The van der Waals surface area contributed by atoms with Crippen molar-refractivity contribution >= 4 is 38.5 Å². The molecule has 5 heteroatoms. The number of rotatable bonds is 6. The molecule has 3 aromatic carbocycles. The lowest BCUT2D eigenvalue weighted by Gasteiger charge is -2.15. The largest absolute Gasteiger partial charge is 0.348 e. The van der Waals surface area contributed by atoms with Crippen molar-refractivity contribution in [1.82, 2.24) is 10.6 Å². The van der Waals surface area contributed by atoms with Gasteiger partial charge >= 0.3 is 0 Å². The van der Waals surface area contributed by atoms with Crippen LogP contribution in [0, 0.1) is 0 Å². The van der Waals surface area contributed by atoms with Crippen molar-refractivity contribution in [3.8, 4) is 0 Å². The van der Waals surface area contributed by atoms with Gasteiger partial charge in [-0.05, 0) is 41.0 Å². The molecule has 0 spiro atoms. The van der Waals surface area contributed by atoms with Crippen molar-refractivity contribution in [3.63, 3.8) is 0 Å². The van der Waals surface area contributed by atoms with E-state index in [1.54, 1.807) is 0 Å². The van der Waals surface area contributed by atoms with Gasteiger partial charge in [0.25, 0.3) is 0 Å². The smallest absolute Gasteiger partial charge is 0.239 e. The van der Waals surface area contributed by atoms with Crippen LogP contribution in [0.15, 0.2) is 71.2 Å². The fraction of sp³-hybridized carbons (Fsp3) is 0.182. The maximum Gasteiger partial charge on any atom is 0.239 e. The number of amides is 2. The fourth-order valence-electron chi connectivity index (χ4n) is 3.01. The van der Waals surface area contributed by atoms with Gasteiger partial charge in [-0.3, -0.25) is 9.59 Å². The van der Waals surface area contributed by atoms with Crippen LogP contribution in [-0.4, -0.2) is 18.4 Å². The van der Waals surface area contributed by atoms with Crippen LogP contribution < -0.4 is 10.6 Å². The molecule has 3 rings (SSSR count). The number of benzene rings is 3. The first-order valence-corrected chi connectivity index (χ1v) is 9.60. The Morgan fingerprint density at radius 1 is 0.963 bits per heavy atom. The number of halogens is 1. The Hall–Kier alpha value is -2.66. The summed E-state index contributed by atoms with van der Waals surface area (Å²) >= 11 is 3.43. The molecule has 0 radical (unpaired) electrons. The Morgan fingerprint density at radius 3 is 2.52 bits per heavy atom. The van der Waals surface area contributed by atoms with E-state index in [1.165, 1.54) is 0 Å². The zero-order valence-corrected chi connectivity index (χ0v) is 16.6. The number of carbonyl (C=O) groups excluding carboxylic acids is 2. The second-order valence-corrected chi connectivity index (χ2v) is 7.35. The Morgan fingerprint density at radius 2 is 1.70 bits per heavy atom. The number of hydrogen-bond acceptors (Lipinski definition) is 2. The fourth-order valence-corrected chi connectivity index (χ4v) is 3.43. The molecule has 0 heterocycles. The number of nitrogens with one attached hydrogen (secondary N) is 2.